The fourth-order valence-corrected chi connectivity index (χ4v) is 3.18. The first-order valence-electron chi connectivity index (χ1n) is 7.26. The number of hydrogen-bond acceptors (Lipinski definition) is 3. The number of fused-ring (bicyclic) bond motifs is 1. The van der Waals surface area contributed by atoms with Gasteiger partial charge in [0.2, 0.25) is 0 Å². The van der Waals surface area contributed by atoms with Crippen LogP contribution in [0.2, 0.25) is 0 Å². The Morgan fingerprint density at radius 1 is 1.23 bits per heavy atom. The molecule has 0 saturated heterocycles. The predicted octanol–water partition coefficient (Wildman–Crippen LogP) is 3.81. The van der Waals surface area contributed by atoms with Gasteiger partial charge in [-0.1, -0.05) is 19.9 Å². The quantitative estimate of drug-likeness (QED) is 0.495. The monoisotopic (exact) mass is 314 g/mol. The Kier molecular flexibility index (Phi) is 3.40. The average Bonchev–Trinajstić information content (AvgIpc) is 2.67. The molecule has 0 atom stereocenters. The maximum atomic E-state index is 12.3. The van der Waals surface area contributed by atoms with Crippen molar-refractivity contribution in [2.75, 3.05) is 0 Å². The summed E-state index contributed by atoms with van der Waals surface area (Å²) < 4.78 is 2.20. The number of nitrogens with one attached hydrogen (secondary N) is 1. The Labute approximate surface area is 133 Å². The van der Waals surface area contributed by atoms with Crippen molar-refractivity contribution in [2.45, 2.75) is 33.6 Å². The van der Waals surface area contributed by atoms with Gasteiger partial charge >= 0.3 is 0 Å². The van der Waals surface area contributed by atoms with Gasteiger partial charge in [0.05, 0.1) is 16.6 Å². The molecule has 1 aliphatic carbocycles. The lowest BCUT2D eigenvalue weighted by Gasteiger charge is -2.28. The van der Waals surface area contributed by atoms with Crippen LogP contribution in [0.15, 0.2) is 23.8 Å². The van der Waals surface area contributed by atoms with Crippen molar-refractivity contribution in [3.8, 4) is 0 Å². The number of aromatic nitrogens is 2. The molecule has 1 N–H and O–H groups in total. The maximum absolute atomic E-state index is 12.3. The largest absolute Gasteiger partial charge is 0.330 e. The van der Waals surface area contributed by atoms with Crippen LogP contribution in [0.3, 0.4) is 0 Å². The number of aryl methyl sites for hydroxylation is 1. The highest BCUT2D eigenvalue weighted by Crippen LogP contribution is 2.34. The molecule has 0 aliphatic heterocycles. The molecule has 22 heavy (non-hydrogen) atoms. The van der Waals surface area contributed by atoms with E-state index in [1.54, 1.807) is 10.8 Å². The molecular weight excluding hydrogens is 296 g/mol. The zero-order valence-electron chi connectivity index (χ0n) is 12.9. The predicted molar refractivity (Wildman–Crippen MR) is 89.2 cm³/mol. The standard InChI is InChI=1S/C17H18N2O2S/c1-10-4-5-13-12(6-10)18-16(22)19(13)9-11-14(20)7-17(2,3)8-15(11)21/h4-6,9H,7-8H2,1-3H3,(H,18,22). The van der Waals surface area contributed by atoms with Crippen LogP contribution in [-0.2, 0) is 9.59 Å². The number of allylic oxidation sites excluding steroid dienone is 1. The summed E-state index contributed by atoms with van der Waals surface area (Å²) in [6, 6.07) is 5.91. The first-order chi connectivity index (χ1) is 10.3. The van der Waals surface area contributed by atoms with E-state index in [0.717, 1.165) is 16.6 Å². The van der Waals surface area contributed by atoms with E-state index in [0.29, 0.717) is 17.6 Å². The topological polar surface area (TPSA) is 54.9 Å². The average molecular weight is 314 g/mol. The van der Waals surface area contributed by atoms with Crippen LogP contribution in [0.25, 0.3) is 17.2 Å². The number of nitrogens with zero attached hydrogens (tertiary/aromatic N) is 1. The fraction of sp³-hybridized carbons (Fsp3) is 0.353. The van der Waals surface area contributed by atoms with Gasteiger partial charge in [0, 0.05) is 19.0 Å². The molecule has 1 fully saturated rings. The summed E-state index contributed by atoms with van der Waals surface area (Å²) in [6.45, 7) is 5.89. The van der Waals surface area contributed by atoms with Gasteiger partial charge in [-0.15, -0.1) is 0 Å². The molecule has 5 heteroatoms. The highest BCUT2D eigenvalue weighted by molar-refractivity contribution is 7.71. The van der Waals surface area contributed by atoms with E-state index in [1.807, 2.05) is 39.0 Å². The molecule has 1 aliphatic rings. The maximum Gasteiger partial charge on any atom is 0.182 e. The molecule has 1 saturated carbocycles. The molecule has 3 rings (SSSR count). The number of carbonyl (C=O) groups excluding carboxylic acids is 2. The van der Waals surface area contributed by atoms with E-state index in [9.17, 15) is 9.59 Å². The Bertz CT molecular complexity index is 862. The number of rotatable bonds is 1. The second kappa shape index (κ2) is 5.02. The van der Waals surface area contributed by atoms with E-state index < -0.39 is 0 Å². The van der Waals surface area contributed by atoms with Crippen molar-refractivity contribution in [3.05, 3.63) is 34.1 Å². The molecule has 4 nitrogen and oxygen atoms in total. The molecule has 1 heterocycles. The van der Waals surface area contributed by atoms with Crippen LogP contribution in [0, 0.1) is 17.1 Å². The number of aromatic amines is 1. The zero-order chi connectivity index (χ0) is 16.1. The lowest BCUT2D eigenvalue weighted by molar-refractivity contribution is -0.127. The number of H-pyrrole nitrogens is 1. The lowest BCUT2D eigenvalue weighted by Crippen LogP contribution is -2.31. The van der Waals surface area contributed by atoms with Crippen LogP contribution >= 0.6 is 12.2 Å². The molecule has 114 valence electrons. The molecule has 1 aromatic carbocycles. The zero-order valence-corrected chi connectivity index (χ0v) is 13.7. The van der Waals surface area contributed by atoms with Gasteiger partial charge in [-0.3, -0.25) is 14.2 Å². The molecule has 1 aromatic heterocycles. The van der Waals surface area contributed by atoms with Gasteiger partial charge in [-0.05, 0) is 42.3 Å². The third-order valence-corrected chi connectivity index (χ3v) is 4.31. The number of Topliss-reactive ketones (excluding diaryl/α,β-unsaturated/α-hetero) is 2. The first kappa shape index (κ1) is 14.9. The summed E-state index contributed by atoms with van der Waals surface area (Å²) in [5, 5.41) is 0. The number of hydrogen-bond donors (Lipinski definition) is 1. The lowest BCUT2D eigenvalue weighted by atomic mass is 9.74. The summed E-state index contributed by atoms with van der Waals surface area (Å²) in [5.41, 5.74) is 2.88. The number of ketones is 2. The van der Waals surface area contributed by atoms with E-state index in [1.165, 1.54) is 0 Å². The Morgan fingerprint density at radius 3 is 2.50 bits per heavy atom. The van der Waals surface area contributed by atoms with Crippen LogP contribution in [-0.4, -0.2) is 21.1 Å². The number of benzene rings is 1. The van der Waals surface area contributed by atoms with Gasteiger partial charge in [0.1, 0.15) is 0 Å². The van der Waals surface area contributed by atoms with Crippen molar-refractivity contribution in [1.29, 1.82) is 0 Å². The summed E-state index contributed by atoms with van der Waals surface area (Å²) >= 11 is 5.33. The van der Waals surface area contributed by atoms with Crippen LogP contribution in [0.1, 0.15) is 32.3 Å². The van der Waals surface area contributed by atoms with Crippen molar-refractivity contribution < 1.29 is 9.59 Å². The SMILES string of the molecule is Cc1ccc2c(c1)[nH]c(=S)n2C=C1C(=O)CC(C)(C)CC1=O. The van der Waals surface area contributed by atoms with Gasteiger partial charge < -0.3 is 4.98 Å². The summed E-state index contributed by atoms with van der Waals surface area (Å²) in [5.74, 6) is -0.214. The van der Waals surface area contributed by atoms with Gasteiger partial charge in [0.25, 0.3) is 0 Å². The highest BCUT2D eigenvalue weighted by atomic mass is 32.1. The summed E-state index contributed by atoms with van der Waals surface area (Å²) in [7, 11) is 0. The Hall–Kier alpha value is -2.01. The van der Waals surface area contributed by atoms with Crippen molar-refractivity contribution >= 4 is 41.0 Å². The van der Waals surface area contributed by atoms with E-state index in [2.05, 4.69) is 4.98 Å². The minimum atomic E-state index is -0.260. The molecule has 0 spiro atoms. The smallest absolute Gasteiger partial charge is 0.182 e. The van der Waals surface area contributed by atoms with Crippen molar-refractivity contribution in [3.63, 3.8) is 0 Å². The molecule has 0 unspecified atom stereocenters. The summed E-state index contributed by atoms with van der Waals surface area (Å²) in [4.78, 5) is 27.7. The highest BCUT2D eigenvalue weighted by Gasteiger charge is 2.35. The molecule has 2 aromatic rings. The normalized spacial score (nSPS) is 18.0. The molecular formula is C17H18N2O2S. The summed E-state index contributed by atoms with van der Waals surface area (Å²) in [6.07, 6.45) is 2.37. The van der Waals surface area contributed by atoms with E-state index in [4.69, 9.17) is 12.2 Å². The third kappa shape index (κ3) is 2.57. The van der Waals surface area contributed by atoms with E-state index in [-0.39, 0.29) is 22.6 Å². The van der Waals surface area contributed by atoms with Crippen molar-refractivity contribution in [1.82, 2.24) is 9.55 Å². The van der Waals surface area contributed by atoms with Gasteiger partial charge in [-0.25, -0.2) is 0 Å². The van der Waals surface area contributed by atoms with Gasteiger partial charge in [0.15, 0.2) is 16.3 Å². The van der Waals surface area contributed by atoms with E-state index >= 15 is 0 Å². The Balaban J connectivity index is 2.13. The van der Waals surface area contributed by atoms with Crippen LogP contribution < -0.4 is 0 Å². The second-order valence-corrected chi connectivity index (χ2v) is 7.11. The molecule has 0 radical (unpaired) electrons. The minimum Gasteiger partial charge on any atom is -0.330 e. The molecule has 0 amide bonds. The first-order valence-corrected chi connectivity index (χ1v) is 7.67. The number of carbonyl (C=O) groups is 2. The number of imidazole rings is 1. The van der Waals surface area contributed by atoms with Crippen LogP contribution in [0.5, 0.6) is 0 Å². The third-order valence-electron chi connectivity index (χ3n) is 4.01. The van der Waals surface area contributed by atoms with Crippen molar-refractivity contribution in [2.24, 2.45) is 5.41 Å². The second-order valence-electron chi connectivity index (χ2n) is 6.73. The van der Waals surface area contributed by atoms with Crippen LogP contribution in [0.4, 0.5) is 0 Å². The molecule has 0 bridgehead atoms. The minimum absolute atomic E-state index is 0.107. The fourth-order valence-electron chi connectivity index (χ4n) is 2.92. The Morgan fingerprint density at radius 2 is 1.86 bits per heavy atom. The van der Waals surface area contributed by atoms with Gasteiger partial charge in [-0.2, -0.15) is 0 Å².